The van der Waals surface area contributed by atoms with E-state index in [1.807, 2.05) is 14.4 Å². The molecule has 1 aliphatic heterocycles. The summed E-state index contributed by atoms with van der Waals surface area (Å²) in [5, 5.41) is 9.34. The summed E-state index contributed by atoms with van der Waals surface area (Å²) >= 11 is 5.93. The van der Waals surface area contributed by atoms with E-state index in [9.17, 15) is 9.59 Å². The summed E-state index contributed by atoms with van der Waals surface area (Å²) in [6, 6.07) is 2.98. The second kappa shape index (κ2) is 7.94. The lowest BCUT2D eigenvalue weighted by Gasteiger charge is -2.36. The summed E-state index contributed by atoms with van der Waals surface area (Å²) in [5.74, 6) is -0.189. The van der Waals surface area contributed by atoms with Crippen LogP contribution in [0.3, 0.4) is 0 Å². The zero-order valence-corrected chi connectivity index (χ0v) is 17.6. The van der Waals surface area contributed by atoms with Gasteiger partial charge in [-0.05, 0) is 25.0 Å². The molecule has 5 rings (SSSR count). The monoisotopic (exact) mass is 459 g/mol. The smallest absolute Gasteiger partial charge is 0.449 e. The minimum absolute atomic E-state index is 0.102. The van der Waals surface area contributed by atoms with Gasteiger partial charge in [0.15, 0.2) is 5.75 Å². The predicted molar refractivity (Wildman–Crippen MR) is 117 cm³/mol. The van der Waals surface area contributed by atoms with Gasteiger partial charge in [-0.3, -0.25) is 9.78 Å². The van der Waals surface area contributed by atoms with E-state index in [-0.39, 0.29) is 17.2 Å². The van der Waals surface area contributed by atoms with Crippen molar-refractivity contribution in [3.05, 3.63) is 51.9 Å². The molecule has 0 bridgehead atoms. The average molecular weight is 460 g/mol. The Balaban J connectivity index is 1.48. The average Bonchev–Trinajstić information content (AvgIpc) is 3.61. The number of anilines is 2. The van der Waals surface area contributed by atoms with Crippen LogP contribution in [0.15, 0.2) is 35.5 Å². The van der Waals surface area contributed by atoms with Gasteiger partial charge in [0.2, 0.25) is 5.43 Å². The number of aromatic nitrogens is 3. The number of hydrogen-bond donors (Lipinski definition) is 1. The lowest BCUT2D eigenvalue weighted by Crippen LogP contribution is -2.47. The Kier molecular flexibility index (Phi) is 5.09. The number of piperazine rings is 1. The lowest BCUT2D eigenvalue weighted by molar-refractivity contribution is 0.143. The molecule has 0 spiro atoms. The first kappa shape index (κ1) is 20.5. The van der Waals surface area contributed by atoms with Crippen LogP contribution >= 0.6 is 11.6 Å². The number of nitrogens with zero attached hydrogens (tertiary/aromatic N) is 5. The Morgan fingerprint density at radius 1 is 1.16 bits per heavy atom. The van der Waals surface area contributed by atoms with Crippen molar-refractivity contribution in [3.63, 3.8) is 0 Å². The maximum atomic E-state index is 15.1. The fraction of sp³-hybridized carbons (Fsp3) is 0.333. The van der Waals surface area contributed by atoms with Gasteiger partial charge in [-0.15, -0.1) is 0 Å². The van der Waals surface area contributed by atoms with Crippen LogP contribution in [0.25, 0.3) is 10.9 Å². The summed E-state index contributed by atoms with van der Waals surface area (Å²) in [6.07, 6.45) is 4.74. The Morgan fingerprint density at radius 2 is 1.88 bits per heavy atom. The summed E-state index contributed by atoms with van der Waals surface area (Å²) in [4.78, 5) is 36.0. The van der Waals surface area contributed by atoms with Crippen LogP contribution in [0.5, 0.6) is 5.75 Å². The summed E-state index contributed by atoms with van der Waals surface area (Å²) in [7, 11) is 0. The number of carbonyl (C=O) groups is 1. The van der Waals surface area contributed by atoms with E-state index < -0.39 is 17.4 Å². The van der Waals surface area contributed by atoms with Crippen molar-refractivity contribution in [1.29, 1.82) is 0 Å². The van der Waals surface area contributed by atoms with E-state index in [0.29, 0.717) is 48.4 Å². The van der Waals surface area contributed by atoms with Gasteiger partial charge in [0.05, 0.1) is 35.2 Å². The molecule has 11 heteroatoms. The van der Waals surface area contributed by atoms with E-state index in [1.54, 1.807) is 12.3 Å². The van der Waals surface area contributed by atoms with Crippen molar-refractivity contribution in [2.45, 2.75) is 18.9 Å². The predicted octanol–water partition coefficient (Wildman–Crippen LogP) is 3.30. The Bertz CT molecular complexity index is 1270. The van der Waals surface area contributed by atoms with E-state index >= 15 is 4.39 Å². The van der Waals surface area contributed by atoms with Gasteiger partial charge in [-0.2, -0.15) is 0 Å². The highest BCUT2D eigenvalue weighted by Gasteiger charge is 2.28. The van der Waals surface area contributed by atoms with Gasteiger partial charge < -0.3 is 24.2 Å². The zero-order chi connectivity index (χ0) is 22.4. The number of ether oxygens (including phenoxy) is 1. The van der Waals surface area contributed by atoms with Crippen LogP contribution in [0.1, 0.15) is 18.9 Å². The summed E-state index contributed by atoms with van der Waals surface area (Å²) in [5.41, 5.74) is 0.318. The van der Waals surface area contributed by atoms with E-state index in [4.69, 9.17) is 16.7 Å². The Labute approximate surface area is 186 Å². The molecule has 2 fully saturated rings. The largest absolute Gasteiger partial charge is 0.511 e. The SMILES string of the molecule is O=C(O)Oc1cn(C2CC2)c2cc(N3CCN(c4cncc(Cl)n4)CC3)c(F)cc2c1=O. The van der Waals surface area contributed by atoms with Gasteiger partial charge >= 0.3 is 6.16 Å². The standard InChI is InChI=1S/C21H19ClFN5O4/c22-18-9-24-10-19(25-18)27-5-3-26(4-6-27)16-8-15-13(7-14(16)23)20(29)17(32-21(30)31)11-28(15)12-1-2-12/h7-12H,1-6H2,(H,30,31). The molecule has 9 nitrogen and oxygen atoms in total. The lowest BCUT2D eigenvalue weighted by atomic mass is 10.1. The first-order valence-electron chi connectivity index (χ1n) is 10.2. The summed E-state index contributed by atoms with van der Waals surface area (Å²) < 4.78 is 21.6. The molecule has 3 aromatic rings. The third-order valence-corrected chi connectivity index (χ3v) is 5.92. The molecule has 1 saturated carbocycles. The number of benzene rings is 1. The summed E-state index contributed by atoms with van der Waals surface area (Å²) in [6.45, 7) is 2.30. The van der Waals surface area contributed by atoms with Crippen LogP contribution in [-0.2, 0) is 0 Å². The fourth-order valence-electron chi connectivity index (χ4n) is 4.06. The van der Waals surface area contributed by atoms with Crippen LogP contribution in [0, 0.1) is 5.82 Å². The van der Waals surface area contributed by atoms with Crippen LogP contribution in [0.4, 0.5) is 20.7 Å². The van der Waals surface area contributed by atoms with Gasteiger partial charge in [-0.25, -0.2) is 14.2 Å². The van der Waals surface area contributed by atoms with Crippen LogP contribution in [-0.4, -0.2) is 52.0 Å². The molecule has 2 aromatic heterocycles. The number of fused-ring (bicyclic) bond motifs is 1. The molecule has 1 aromatic carbocycles. The second-order valence-electron chi connectivity index (χ2n) is 7.82. The molecule has 3 heterocycles. The molecule has 1 saturated heterocycles. The normalized spacial score (nSPS) is 16.4. The van der Waals surface area contributed by atoms with Crippen LogP contribution < -0.4 is 20.0 Å². The second-order valence-corrected chi connectivity index (χ2v) is 8.21. The van der Waals surface area contributed by atoms with E-state index in [1.165, 1.54) is 18.5 Å². The van der Waals surface area contributed by atoms with Gasteiger partial charge in [-0.1, -0.05) is 11.6 Å². The first-order valence-corrected chi connectivity index (χ1v) is 10.5. The molecule has 0 atom stereocenters. The zero-order valence-electron chi connectivity index (χ0n) is 16.9. The van der Waals surface area contributed by atoms with Crippen LogP contribution in [0.2, 0.25) is 5.15 Å². The van der Waals surface area contributed by atoms with Crippen molar-refractivity contribution in [3.8, 4) is 5.75 Å². The third kappa shape index (κ3) is 3.81. The van der Waals surface area contributed by atoms with Gasteiger partial charge in [0.1, 0.15) is 16.8 Å². The quantitative estimate of drug-likeness (QED) is 0.593. The third-order valence-electron chi connectivity index (χ3n) is 5.74. The van der Waals surface area contributed by atoms with Crippen molar-refractivity contribution >= 4 is 40.2 Å². The number of carboxylic acid groups (broad SMARTS) is 1. The number of pyridine rings is 1. The highest BCUT2D eigenvalue weighted by molar-refractivity contribution is 6.29. The molecule has 1 N–H and O–H groups in total. The maximum Gasteiger partial charge on any atom is 0.511 e. The first-order chi connectivity index (χ1) is 15.4. The van der Waals surface area contributed by atoms with E-state index in [2.05, 4.69) is 14.7 Å². The van der Waals surface area contributed by atoms with Gasteiger partial charge in [0, 0.05) is 32.2 Å². The molecular formula is C21H19ClFN5O4. The molecule has 0 amide bonds. The molecule has 2 aliphatic rings. The van der Waals surface area contributed by atoms with Crippen molar-refractivity contribution in [1.82, 2.24) is 14.5 Å². The molecule has 166 valence electrons. The minimum Gasteiger partial charge on any atom is -0.449 e. The van der Waals surface area contributed by atoms with Crippen molar-refractivity contribution < 1.29 is 19.0 Å². The highest BCUT2D eigenvalue weighted by Crippen LogP contribution is 2.39. The fourth-order valence-corrected chi connectivity index (χ4v) is 4.20. The molecule has 0 radical (unpaired) electrons. The highest BCUT2D eigenvalue weighted by atomic mass is 35.5. The minimum atomic E-state index is -1.58. The van der Waals surface area contributed by atoms with Gasteiger partial charge in [0.25, 0.3) is 0 Å². The maximum absolute atomic E-state index is 15.1. The Hall–Kier alpha value is -3.40. The van der Waals surface area contributed by atoms with Crippen molar-refractivity contribution in [2.75, 3.05) is 36.0 Å². The number of hydrogen-bond acceptors (Lipinski definition) is 7. The van der Waals surface area contributed by atoms with Crippen molar-refractivity contribution in [2.24, 2.45) is 0 Å². The number of halogens is 2. The topological polar surface area (TPSA) is 101 Å². The number of rotatable bonds is 4. The molecule has 1 aliphatic carbocycles. The molecular weight excluding hydrogens is 441 g/mol. The molecule has 32 heavy (non-hydrogen) atoms. The van der Waals surface area contributed by atoms with E-state index in [0.717, 1.165) is 12.8 Å². The Morgan fingerprint density at radius 3 is 2.53 bits per heavy atom. The molecule has 0 unspecified atom stereocenters.